The Kier molecular flexibility index (Phi) is 5.90. The summed E-state index contributed by atoms with van der Waals surface area (Å²) in [5, 5.41) is 8.40. The van der Waals surface area contributed by atoms with Crippen LogP contribution in [0.15, 0.2) is 35.5 Å². The molecule has 4 heterocycles. The highest BCUT2D eigenvalue weighted by Gasteiger charge is 2.45. The molecule has 12 heteroatoms. The maximum atomic E-state index is 13.4. The number of sulfonamides is 1. The standard InChI is InChI=1S/C23H31N7O4S/c1-15-17(12-28(6)25-15)35(32,33)27-21(31)16-8-9-18(30-11-10-19(26-30)34-7)24-20(16)29-14-22(2,3)13-23(29,4)5/h8-12H,13-14H2,1-7H3,(H,27,31). The zero-order valence-corrected chi connectivity index (χ0v) is 21.8. The van der Waals surface area contributed by atoms with Crippen LogP contribution in [0.25, 0.3) is 5.82 Å². The number of rotatable bonds is 6. The summed E-state index contributed by atoms with van der Waals surface area (Å²) in [6.45, 7) is 10.7. The number of hydrogen-bond acceptors (Lipinski definition) is 8. The molecule has 1 amide bonds. The van der Waals surface area contributed by atoms with Crippen molar-refractivity contribution in [2.75, 3.05) is 18.6 Å². The van der Waals surface area contributed by atoms with E-state index in [0.29, 0.717) is 29.8 Å². The van der Waals surface area contributed by atoms with Crippen LogP contribution in [0.3, 0.4) is 0 Å². The van der Waals surface area contributed by atoms with Gasteiger partial charge >= 0.3 is 0 Å². The third-order valence-electron chi connectivity index (χ3n) is 6.08. The van der Waals surface area contributed by atoms with E-state index < -0.39 is 15.9 Å². The SMILES string of the molecule is COc1ccn(-c2ccc(C(=O)NS(=O)(=O)c3cn(C)nc3C)c(N3CC(C)(C)CC3(C)C)n2)n1. The number of nitrogens with one attached hydrogen (secondary N) is 1. The summed E-state index contributed by atoms with van der Waals surface area (Å²) < 4.78 is 36.3. The summed E-state index contributed by atoms with van der Waals surface area (Å²) >= 11 is 0. The first-order chi connectivity index (χ1) is 16.2. The number of nitrogens with zero attached hydrogens (tertiary/aromatic N) is 6. The summed E-state index contributed by atoms with van der Waals surface area (Å²) in [6.07, 6.45) is 3.94. The second-order valence-electron chi connectivity index (χ2n) is 10.3. The van der Waals surface area contributed by atoms with Crippen LogP contribution in [0, 0.1) is 12.3 Å². The highest BCUT2D eigenvalue weighted by Crippen LogP contribution is 2.44. The van der Waals surface area contributed by atoms with Crippen molar-refractivity contribution in [3.8, 4) is 11.7 Å². The third-order valence-corrected chi connectivity index (χ3v) is 7.52. The summed E-state index contributed by atoms with van der Waals surface area (Å²) in [5.74, 6) is 0.533. The molecule has 0 atom stereocenters. The Morgan fingerprint density at radius 3 is 2.40 bits per heavy atom. The number of hydrogen-bond donors (Lipinski definition) is 1. The van der Waals surface area contributed by atoms with Gasteiger partial charge in [-0.2, -0.15) is 5.10 Å². The van der Waals surface area contributed by atoms with Crippen molar-refractivity contribution in [1.29, 1.82) is 0 Å². The Labute approximate surface area is 205 Å². The molecule has 3 aromatic heterocycles. The van der Waals surface area contributed by atoms with E-state index in [-0.39, 0.29) is 21.4 Å². The highest BCUT2D eigenvalue weighted by molar-refractivity contribution is 7.90. The number of carbonyl (C=O) groups excluding carboxylic acids is 1. The smallest absolute Gasteiger partial charge is 0.268 e. The molecule has 3 aromatic rings. The molecular formula is C23H31N7O4S. The number of ether oxygens (including phenoxy) is 1. The summed E-state index contributed by atoms with van der Waals surface area (Å²) in [7, 11) is -0.988. The van der Waals surface area contributed by atoms with Gasteiger partial charge in [-0.25, -0.2) is 22.8 Å². The zero-order valence-electron chi connectivity index (χ0n) is 21.0. The molecule has 1 aliphatic rings. The van der Waals surface area contributed by atoms with Gasteiger partial charge in [-0.1, -0.05) is 13.8 Å². The Balaban J connectivity index is 1.78. The van der Waals surface area contributed by atoms with Gasteiger partial charge in [0.05, 0.1) is 18.4 Å². The lowest BCUT2D eigenvalue weighted by molar-refractivity contribution is 0.0981. The Morgan fingerprint density at radius 1 is 1.14 bits per heavy atom. The molecule has 11 nitrogen and oxygen atoms in total. The van der Waals surface area contributed by atoms with Gasteiger partial charge in [0.15, 0.2) is 5.82 Å². The predicted octanol–water partition coefficient (Wildman–Crippen LogP) is 2.45. The highest BCUT2D eigenvalue weighted by atomic mass is 32.2. The van der Waals surface area contributed by atoms with Crippen LogP contribution in [-0.2, 0) is 17.1 Å². The average Bonchev–Trinajstić information content (AvgIpc) is 3.42. The average molecular weight is 502 g/mol. The molecule has 4 rings (SSSR count). The largest absolute Gasteiger partial charge is 0.480 e. The Hall–Kier alpha value is -3.41. The van der Waals surface area contributed by atoms with Gasteiger partial charge in [-0.05, 0) is 44.7 Å². The third kappa shape index (κ3) is 4.75. The van der Waals surface area contributed by atoms with E-state index in [4.69, 9.17) is 9.72 Å². The van der Waals surface area contributed by atoms with Gasteiger partial charge in [0.25, 0.3) is 15.9 Å². The molecule has 1 fully saturated rings. The maximum Gasteiger partial charge on any atom is 0.268 e. The van der Waals surface area contributed by atoms with Crippen molar-refractivity contribution in [3.63, 3.8) is 0 Å². The molecule has 0 radical (unpaired) electrons. The van der Waals surface area contributed by atoms with E-state index in [1.165, 1.54) is 18.0 Å². The molecule has 188 valence electrons. The molecule has 1 N–H and O–H groups in total. The van der Waals surface area contributed by atoms with Gasteiger partial charge in [0, 0.05) is 37.6 Å². The first-order valence-corrected chi connectivity index (χ1v) is 12.7. The van der Waals surface area contributed by atoms with Gasteiger partial charge in [0.1, 0.15) is 10.7 Å². The van der Waals surface area contributed by atoms with Crippen LogP contribution in [0.1, 0.15) is 50.2 Å². The lowest BCUT2D eigenvalue weighted by atomic mass is 9.86. The summed E-state index contributed by atoms with van der Waals surface area (Å²) in [5.41, 5.74) is 0.119. The minimum Gasteiger partial charge on any atom is -0.480 e. The van der Waals surface area contributed by atoms with Crippen molar-refractivity contribution in [3.05, 3.63) is 41.9 Å². The number of pyridine rings is 1. The number of amides is 1. The molecular weight excluding hydrogens is 470 g/mol. The van der Waals surface area contributed by atoms with Crippen LogP contribution in [0.2, 0.25) is 0 Å². The number of carbonyl (C=O) groups is 1. The van der Waals surface area contributed by atoms with E-state index in [2.05, 4.69) is 47.5 Å². The first-order valence-electron chi connectivity index (χ1n) is 11.2. The number of aromatic nitrogens is 5. The van der Waals surface area contributed by atoms with Gasteiger partial charge in [0.2, 0.25) is 5.88 Å². The van der Waals surface area contributed by atoms with Gasteiger partial charge in [-0.15, -0.1) is 5.10 Å². The fraction of sp³-hybridized carbons (Fsp3) is 0.478. The number of methoxy groups -OCH3 is 1. The van der Waals surface area contributed by atoms with E-state index in [1.807, 2.05) is 0 Å². The number of anilines is 1. The number of aryl methyl sites for hydroxylation is 2. The molecule has 35 heavy (non-hydrogen) atoms. The molecule has 0 unspecified atom stereocenters. The van der Waals surface area contributed by atoms with Gasteiger partial charge < -0.3 is 9.64 Å². The van der Waals surface area contributed by atoms with E-state index in [0.717, 1.165) is 6.42 Å². The van der Waals surface area contributed by atoms with E-state index >= 15 is 0 Å². The molecule has 0 saturated carbocycles. The first kappa shape index (κ1) is 24.7. The van der Waals surface area contributed by atoms with Crippen LogP contribution in [-0.4, -0.2) is 58.1 Å². The predicted molar refractivity (Wildman–Crippen MR) is 130 cm³/mol. The monoisotopic (exact) mass is 501 g/mol. The van der Waals surface area contributed by atoms with Crippen molar-refractivity contribution in [1.82, 2.24) is 29.3 Å². The molecule has 1 saturated heterocycles. The fourth-order valence-corrected chi connectivity index (χ4v) is 6.08. The quantitative estimate of drug-likeness (QED) is 0.546. The van der Waals surface area contributed by atoms with Crippen molar-refractivity contribution < 1.29 is 17.9 Å². The lowest BCUT2D eigenvalue weighted by Crippen LogP contribution is -2.41. The molecule has 0 aliphatic carbocycles. The minimum atomic E-state index is -4.13. The Morgan fingerprint density at radius 2 is 1.86 bits per heavy atom. The Bertz CT molecular complexity index is 1390. The normalized spacial score (nSPS) is 16.9. The van der Waals surface area contributed by atoms with Gasteiger partial charge in [-0.3, -0.25) is 9.48 Å². The van der Waals surface area contributed by atoms with Crippen LogP contribution >= 0.6 is 0 Å². The molecule has 0 bridgehead atoms. The van der Waals surface area contributed by atoms with Crippen molar-refractivity contribution in [2.24, 2.45) is 12.5 Å². The second kappa shape index (κ2) is 8.36. The summed E-state index contributed by atoms with van der Waals surface area (Å²) in [6, 6.07) is 4.91. The van der Waals surface area contributed by atoms with Crippen LogP contribution < -0.4 is 14.4 Å². The van der Waals surface area contributed by atoms with Crippen molar-refractivity contribution >= 4 is 21.7 Å². The van der Waals surface area contributed by atoms with Crippen LogP contribution in [0.5, 0.6) is 5.88 Å². The molecule has 0 spiro atoms. The van der Waals surface area contributed by atoms with E-state index in [9.17, 15) is 13.2 Å². The molecule has 0 aromatic carbocycles. The lowest BCUT2D eigenvalue weighted by Gasteiger charge is -2.33. The van der Waals surface area contributed by atoms with Crippen molar-refractivity contribution in [2.45, 2.75) is 51.5 Å². The van der Waals surface area contributed by atoms with E-state index in [1.54, 1.807) is 43.0 Å². The second-order valence-corrected chi connectivity index (χ2v) is 11.9. The van der Waals surface area contributed by atoms with Crippen LogP contribution in [0.4, 0.5) is 5.82 Å². The fourth-order valence-electron chi connectivity index (χ4n) is 4.89. The zero-order chi connectivity index (χ0) is 25.8. The maximum absolute atomic E-state index is 13.4. The topological polar surface area (TPSA) is 124 Å². The molecule has 1 aliphatic heterocycles. The summed E-state index contributed by atoms with van der Waals surface area (Å²) in [4.78, 5) is 20.2. The minimum absolute atomic E-state index is 0.0251.